The molecule has 0 aliphatic rings. The highest BCUT2D eigenvalue weighted by Gasteiger charge is 2.18. The van der Waals surface area contributed by atoms with Crippen molar-refractivity contribution in [2.75, 3.05) is 40.3 Å². The number of aliphatic carboxylic acids is 1. The van der Waals surface area contributed by atoms with Gasteiger partial charge < -0.3 is 14.4 Å². The van der Waals surface area contributed by atoms with Crippen molar-refractivity contribution >= 4 is 5.97 Å². The van der Waals surface area contributed by atoms with Gasteiger partial charge in [-0.2, -0.15) is 0 Å². The van der Waals surface area contributed by atoms with Gasteiger partial charge in [-0.05, 0) is 6.42 Å². The van der Waals surface area contributed by atoms with E-state index in [-0.39, 0.29) is 6.54 Å². The molecule has 0 spiro atoms. The van der Waals surface area contributed by atoms with Gasteiger partial charge in [0, 0.05) is 13.0 Å². The molecular weight excluding hydrogens is 328 g/mol. The molecular formula is C21H45N2O3+. The number of nitrogens with zero attached hydrogens (tertiary/aromatic N) is 1. The molecule has 5 heteroatoms. The van der Waals surface area contributed by atoms with E-state index in [1.165, 1.54) is 70.6 Å². The number of unbranched alkanes of at least 4 members (excludes halogenated alkanes) is 11. The molecule has 0 atom stereocenters. The molecule has 0 fully saturated rings. The van der Waals surface area contributed by atoms with Gasteiger partial charge in [0.25, 0.3) is 0 Å². The second-order valence-electron chi connectivity index (χ2n) is 8.20. The quantitative estimate of drug-likeness (QED) is 0.183. The SMILES string of the molecule is CCCCCCCCCCCCCCONCCC[N+](C)(C)CC(=O)O. The lowest BCUT2D eigenvalue weighted by atomic mass is 10.1. The summed E-state index contributed by atoms with van der Waals surface area (Å²) in [7, 11) is 3.89. The Bertz CT molecular complexity index is 322. The summed E-state index contributed by atoms with van der Waals surface area (Å²) in [5.41, 5.74) is 2.99. The summed E-state index contributed by atoms with van der Waals surface area (Å²) < 4.78 is 0.510. The third-order valence-corrected chi connectivity index (χ3v) is 4.81. The maximum Gasteiger partial charge on any atom is 0.359 e. The first kappa shape index (κ1) is 25.4. The van der Waals surface area contributed by atoms with Gasteiger partial charge in [-0.1, -0.05) is 77.6 Å². The Balaban J connectivity index is 3.17. The largest absolute Gasteiger partial charge is 0.477 e. The molecule has 0 heterocycles. The maximum absolute atomic E-state index is 10.7. The van der Waals surface area contributed by atoms with E-state index in [1.54, 1.807) is 0 Å². The third kappa shape index (κ3) is 19.7. The highest BCUT2D eigenvalue weighted by atomic mass is 16.6. The minimum absolute atomic E-state index is 0.166. The average Bonchev–Trinajstić information content (AvgIpc) is 2.56. The average molecular weight is 374 g/mol. The summed E-state index contributed by atoms with van der Waals surface area (Å²) in [6.07, 6.45) is 17.2. The number of nitrogens with one attached hydrogen (secondary N) is 1. The van der Waals surface area contributed by atoms with E-state index in [2.05, 4.69) is 12.4 Å². The molecule has 0 radical (unpaired) electrons. The van der Waals surface area contributed by atoms with Crippen LogP contribution in [0.15, 0.2) is 0 Å². The molecule has 0 aliphatic carbocycles. The minimum atomic E-state index is -0.744. The van der Waals surface area contributed by atoms with Crippen LogP contribution < -0.4 is 5.48 Å². The lowest BCUT2D eigenvalue weighted by Crippen LogP contribution is -2.45. The number of hydroxylamine groups is 1. The van der Waals surface area contributed by atoms with Gasteiger partial charge in [0.2, 0.25) is 0 Å². The van der Waals surface area contributed by atoms with E-state index in [0.29, 0.717) is 4.48 Å². The van der Waals surface area contributed by atoms with Gasteiger partial charge in [-0.15, -0.1) is 0 Å². The van der Waals surface area contributed by atoms with Crippen LogP contribution in [0.1, 0.15) is 90.4 Å². The number of carbonyl (C=O) groups is 1. The number of likely N-dealkylation sites (N-methyl/N-ethyl adjacent to an activating group) is 1. The monoisotopic (exact) mass is 373 g/mol. The predicted octanol–water partition coefficient (Wildman–Crippen LogP) is 4.76. The molecule has 0 aromatic carbocycles. The first-order valence-electron chi connectivity index (χ1n) is 10.9. The standard InChI is InChI=1S/C21H44N2O3/c1-4-5-6-7-8-9-10-11-12-13-14-15-19-26-22-17-16-18-23(2,3)20-21(24)25/h22H,4-20H2,1-3H3/p+1. The highest BCUT2D eigenvalue weighted by Crippen LogP contribution is 2.11. The summed E-state index contributed by atoms with van der Waals surface area (Å²) in [5.74, 6) is -0.744. The molecule has 0 rings (SSSR count). The molecule has 0 aromatic rings. The Morgan fingerprint density at radius 3 is 1.85 bits per heavy atom. The fraction of sp³-hybridized carbons (Fsp3) is 0.952. The maximum atomic E-state index is 10.7. The number of hydrogen-bond acceptors (Lipinski definition) is 3. The van der Waals surface area contributed by atoms with Gasteiger partial charge >= 0.3 is 5.97 Å². The van der Waals surface area contributed by atoms with E-state index < -0.39 is 5.97 Å². The van der Waals surface area contributed by atoms with Crippen LogP contribution in [0.4, 0.5) is 0 Å². The topological polar surface area (TPSA) is 58.6 Å². The molecule has 26 heavy (non-hydrogen) atoms. The van der Waals surface area contributed by atoms with Crippen LogP contribution in [0, 0.1) is 0 Å². The van der Waals surface area contributed by atoms with Crippen molar-refractivity contribution in [1.82, 2.24) is 5.48 Å². The summed E-state index contributed by atoms with van der Waals surface area (Å²) in [4.78, 5) is 16.2. The van der Waals surface area contributed by atoms with Gasteiger partial charge in [0.15, 0.2) is 6.54 Å². The first-order valence-corrected chi connectivity index (χ1v) is 10.9. The van der Waals surface area contributed by atoms with E-state index in [1.807, 2.05) is 14.1 Å². The number of quaternary nitrogens is 1. The number of rotatable bonds is 20. The van der Waals surface area contributed by atoms with Crippen molar-refractivity contribution in [2.24, 2.45) is 0 Å². The summed E-state index contributed by atoms with van der Waals surface area (Å²) in [5, 5.41) is 8.84. The van der Waals surface area contributed by atoms with Crippen molar-refractivity contribution < 1.29 is 19.2 Å². The molecule has 0 aliphatic heterocycles. The number of hydrogen-bond donors (Lipinski definition) is 2. The second kappa shape index (κ2) is 17.7. The van der Waals surface area contributed by atoms with Crippen molar-refractivity contribution in [3.05, 3.63) is 0 Å². The van der Waals surface area contributed by atoms with Gasteiger partial charge in [0.05, 0.1) is 27.2 Å². The fourth-order valence-electron chi connectivity index (χ4n) is 3.18. The van der Waals surface area contributed by atoms with E-state index in [9.17, 15) is 4.79 Å². The number of carboxylic acid groups (broad SMARTS) is 1. The minimum Gasteiger partial charge on any atom is -0.477 e. The van der Waals surface area contributed by atoms with E-state index in [4.69, 9.17) is 9.94 Å². The van der Waals surface area contributed by atoms with Crippen molar-refractivity contribution in [3.8, 4) is 0 Å². The van der Waals surface area contributed by atoms with Crippen molar-refractivity contribution in [2.45, 2.75) is 90.4 Å². The van der Waals surface area contributed by atoms with Crippen LogP contribution in [-0.4, -0.2) is 55.9 Å². The highest BCUT2D eigenvalue weighted by molar-refractivity contribution is 5.67. The summed E-state index contributed by atoms with van der Waals surface area (Å²) in [6, 6.07) is 0. The summed E-state index contributed by atoms with van der Waals surface area (Å²) >= 11 is 0. The third-order valence-electron chi connectivity index (χ3n) is 4.81. The van der Waals surface area contributed by atoms with Crippen LogP contribution in [0.5, 0.6) is 0 Å². The molecule has 0 unspecified atom stereocenters. The van der Waals surface area contributed by atoms with E-state index >= 15 is 0 Å². The normalized spacial score (nSPS) is 11.8. The van der Waals surface area contributed by atoms with Crippen LogP contribution >= 0.6 is 0 Å². The molecule has 0 amide bonds. The Kier molecular flexibility index (Phi) is 17.3. The molecule has 0 saturated heterocycles. The van der Waals surface area contributed by atoms with Crippen LogP contribution in [0.25, 0.3) is 0 Å². The smallest absolute Gasteiger partial charge is 0.359 e. The zero-order valence-corrected chi connectivity index (χ0v) is 17.7. The molecule has 156 valence electrons. The first-order chi connectivity index (χ1) is 12.5. The Morgan fingerprint density at radius 2 is 1.35 bits per heavy atom. The van der Waals surface area contributed by atoms with Crippen LogP contribution in [-0.2, 0) is 9.63 Å². The zero-order valence-electron chi connectivity index (χ0n) is 17.7. The van der Waals surface area contributed by atoms with E-state index in [0.717, 1.165) is 32.5 Å². The van der Waals surface area contributed by atoms with Crippen LogP contribution in [0.2, 0.25) is 0 Å². The lowest BCUT2D eigenvalue weighted by molar-refractivity contribution is -0.883. The molecule has 5 nitrogen and oxygen atoms in total. The van der Waals surface area contributed by atoms with Gasteiger partial charge in [0.1, 0.15) is 0 Å². The summed E-state index contributed by atoms with van der Waals surface area (Å²) in [6.45, 7) is 4.82. The number of carboxylic acids is 1. The van der Waals surface area contributed by atoms with Gasteiger partial charge in [-0.25, -0.2) is 10.3 Å². The lowest BCUT2D eigenvalue weighted by Gasteiger charge is -2.27. The Morgan fingerprint density at radius 1 is 0.846 bits per heavy atom. The van der Waals surface area contributed by atoms with Crippen molar-refractivity contribution in [1.29, 1.82) is 0 Å². The molecule has 0 bridgehead atoms. The molecule has 2 N–H and O–H groups in total. The second-order valence-corrected chi connectivity index (χ2v) is 8.20. The Labute approximate surface area is 162 Å². The zero-order chi connectivity index (χ0) is 19.5. The van der Waals surface area contributed by atoms with Gasteiger partial charge in [-0.3, -0.25) is 0 Å². The fourth-order valence-corrected chi connectivity index (χ4v) is 3.18. The Hall–Kier alpha value is -0.650. The molecule has 0 saturated carbocycles. The predicted molar refractivity (Wildman–Crippen MR) is 109 cm³/mol. The van der Waals surface area contributed by atoms with Crippen LogP contribution in [0.3, 0.4) is 0 Å². The van der Waals surface area contributed by atoms with Crippen molar-refractivity contribution in [3.63, 3.8) is 0 Å². The molecule has 0 aromatic heterocycles.